The predicted molar refractivity (Wildman–Crippen MR) is 88.6 cm³/mol. The molecular weight excluding hydrogens is 282 g/mol. The Morgan fingerprint density at radius 3 is 2.71 bits per heavy atom. The van der Waals surface area contributed by atoms with E-state index >= 15 is 0 Å². The van der Waals surface area contributed by atoms with Gasteiger partial charge in [-0.2, -0.15) is 0 Å². The van der Waals surface area contributed by atoms with E-state index in [0.29, 0.717) is 6.04 Å². The van der Waals surface area contributed by atoms with Gasteiger partial charge in [0.25, 0.3) is 0 Å². The van der Waals surface area contributed by atoms with Gasteiger partial charge in [0.15, 0.2) is 0 Å². The fraction of sp³-hybridized carbons (Fsp3) is 0.222. The van der Waals surface area contributed by atoms with E-state index in [2.05, 4.69) is 43.4 Å². The van der Waals surface area contributed by atoms with Gasteiger partial charge in [-0.1, -0.05) is 49.7 Å². The van der Waals surface area contributed by atoms with Crippen LogP contribution in [0.15, 0.2) is 52.9 Å². The molecule has 108 valence electrons. The molecule has 2 nitrogen and oxygen atoms in total. The summed E-state index contributed by atoms with van der Waals surface area (Å²) in [6.07, 6.45) is 0. The number of benzene rings is 2. The van der Waals surface area contributed by atoms with Crippen LogP contribution in [0.2, 0.25) is 5.02 Å². The summed E-state index contributed by atoms with van der Waals surface area (Å²) >= 11 is 6.04. The Labute approximate surface area is 129 Å². The summed E-state index contributed by atoms with van der Waals surface area (Å²) in [5, 5.41) is 5.21. The molecule has 0 amide bonds. The van der Waals surface area contributed by atoms with Gasteiger partial charge in [-0.3, -0.25) is 0 Å². The van der Waals surface area contributed by atoms with Crippen LogP contribution in [0.3, 0.4) is 0 Å². The van der Waals surface area contributed by atoms with Crippen molar-refractivity contribution in [2.24, 2.45) is 0 Å². The molecule has 0 radical (unpaired) electrons. The molecule has 0 saturated heterocycles. The van der Waals surface area contributed by atoms with Gasteiger partial charge in [0.2, 0.25) is 0 Å². The molecule has 0 unspecified atom stereocenters. The number of furan rings is 1. The summed E-state index contributed by atoms with van der Waals surface area (Å²) in [6, 6.07) is 16.5. The van der Waals surface area contributed by atoms with Crippen LogP contribution < -0.4 is 5.32 Å². The van der Waals surface area contributed by atoms with Gasteiger partial charge in [-0.25, -0.2) is 0 Å². The molecule has 3 rings (SSSR count). The maximum Gasteiger partial charge on any atom is 0.135 e. The minimum Gasteiger partial charge on any atom is -0.456 e. The lowest BCUT2D eigenvalue weighted by atomic mass is 10.0. The van der Waals surface area contributed by atoms with Gasteiger partial charge in [0.05, 0.1) is 0 Å². The van der Waals surface area contributed by atoms with Crippen LogP contribution >= 0.6 is 11.6 Å². The highest BCUT2D eigenvalue weighted by Gasteiger charge is 2.10. The molecule has 1 aromatic heterocycles. The van der Waals surface area contributed by atoms with E-state index in [-0.39, 0.29) is 0 Å². The third-order valence-corrected chi connectivity index (χ3v) is 3.70. The summed E-state index contributed by atoms with van der Waals surface area (Å²) in [5.41, 5.74) is 3.22. The van der Waals surface area contributed by atoms with Crippen molar-refractivity contribution in [3.63, 3.8) is 0 Å². The Hall–Kier alpha value is -1.77. The second-order valence-electron chi connectivity index (χ2n) is 5.49. The first kappa shape index (κ1) is 14.2. The third-order valence-electron chi connectivity index (χ3n) is 3.46. The number of halogens is 1. The van der Waals surface area contributed by atoms with Crippen molar-refractivity contribution < 1.29 is 4.42 Å². The highest BCUT2D eigenvalue weighted by atomic mass is 35.5. The van der Waals surface area contributed by atoms with Crippen LogP contribution in [0.4, 0.5) is 0 Å². The van der Waals surface area contributed by atoms with Gasteiger partial charge in [-0.05, 0) is 29.8 Å². The molecule has 21 heavy (non-hydrogen) atoms. The van der Waals surface area contributed by atoms with E-state index < -0.39 is 0 Å². The largest absolute Gasteiger partial charge is 0.456 e. The maximum absolute atomic E-state index is 6.04. The Morgan fingerprint density at radius 1 is 1.10 bits per heavy atom. The first-order chi connectivity index (χ1) is 10.1. The van der Waals surface area contributed by atoms with E-state index in [1.54, 1.807) is 0 Å². The van der Waals surface area contributed by atoms with Crippen LogP contribution in [-0.4, -0.2) is 6.04 Å². The summed E-state index contributed by atoms with van der Waals surface area (Å²) < 4.78 is 5.97. The molecule has 0 aliphatic rings. The summed E-state index contributed by atoms with van der Waals surface area (Å²) in [5.74, 6) is 0.883. The lowest BCUT2D eigenvalue weighted by Gasteiger charge is -2.11. The predicted octanol–water partition coefficient (Wildman–Crippen LogP) is 5.25. The second-order valence-corrected chi connectivity index (χ2v) is 5.92. The molecule has 0 bridgehead atoms. The van der Waals surface area contributed by atoms with Crippen molar-refractivity contribution in [2.75, 3.05) is 0 Å². The van der Waals surface area contributed by atoms with Crippen LogP contribution in [0.1, 0.15) is 19.4 Å². The van der Waals surface area contributed by atoms with Crippen molar-refractivity contribution in [3.05, 3.63) is 59.1 Å². The van der Waals surface area contributed by atoms with Crippen LogP contribution in [0, 0.1) is 0 Å². The minimum absolute atomic E-state index is 0.451. The van der Waals surface area contributed by atoms with Crippen LogP contribution in [0.25, 0.3) is 22.3 Å². The third kappa shape index (κ3) is 3.12. The van der Waals surface area contributed by atoms with Crippen molar-refractivity contribution in [1.82, 2.24) is 5.32 Å². The average molecular weight is 300 g/mol. The first-order valence-electron chi connectivity index (χ1n) is 7.14. The first-order valence-corrected chi connectivity index (χ1v) is 7.52. The molecule has 0 saturated carbocycles. The van der Waals surface area contributed by atoms with Crippen molar-refractivity contribution >= 4 is 22.6 Å². The lowest BCUT2D eigenvalue weighted by molar-refractivity contribution is 0.586. The van der Waals surface area contributed by atoms with Gasteiger partial charge < -0.3 is 9.73 Å². The molecule has 3 heteroatoms. The number of fused-ring (bicyclic) bond motifs is 1. The topological polar surface area (TPSA) is 25.2 Å². The molecule has 0 aliphatic heterocycles. The molecule has 0 aliphatic carbocycles. The zero-order valence-electron chi connectivity index (χ0n) is 12.2. The standard InChI is InChI=1S/C18H18ClNO/c1-12(2)20-11-13-5-3-4-6-16(13)18-10-14-9-15(19)7-8-17(14)21-18/h3-10,12,20H,11H2,1-2H3. The molecule has 0 fully saturated rings. The normalized spacial score (nSPS) is 11.4. The number of hydrogen-bond donors (Lipinski definition) is 1. The van der Waals surface area contributed by atoms with E-state index in [4.69, 9.17) is 16.0 Å². The fourth-order valence-corrected chi connectivity index (χ4v) is 2.56. The molecule has 0 spiro atoms. The quantitative estimate of drug-likeness (QED) is 0.711. The fourth-order valence-electron chi connectivity index (χ4n) is 2.38. The molecule has 2 aromatic carbocycles. The molecule has 3 aromatic rings. The van der Waals surface area contributed by atoms with Crippen molar-refractivity contribution in [3.8, 4) is 11.3 Å². The monoisotopic (exact) mass is 299 g/mol. The van der Waals surface area contributed by atoms with Gasteiger partial charge in [0, 0.05) is 28.6 Å². The summed E-state index contributed by atoms with van der Waals surface area (Å²) in [6.45, 7) is 5.11. The molecule has 0 atom stereocenters. The zero-order chi connectivity index (χ0) is 14.8. The Bertz CT molecular complexity index is 761. The van der Waals surface area contributed by atoms with Crippen LogP contribution in [-0.2, 0) is 6.54 Å². The van der Waals surface area contributed by atoms with E-state index in [1.807, 2.05) is 24.3 Å². The average Bonchev–Trinajstić information content (AvgIpc) is 2.88. The Morgan fingerprint density at radius 2 is 1.90 bits per heavy atom. The maximum atomic E-state index is 6.04. The van der Waals surface area contributed by atoms with Gasteiger partial charge in [0.1, 0.15) is 11.3 Å². The number of rotatable bonds is 4. The highest BCUT2D eigenvalue weighted by molar-refractivity contribution is 6.31. The van der Waals surface area contributed by atoms with E-state index in [9.17, 15) is 0 Å². The molecule has 1 heterocycles. The number of nitrogens with one attached hydrogen (secondary N) is 1. The minimum atomic E-state index is 0.451. The second kappa shape index (κ2) is 5.92. The summed E-state index contributed by atoms with van der Waals surface area (Å²) in [4.78, 5) is 0. The highest BCUT2D eigenvalue weighted by Crippen LogP contribution is 2.31. The van der Waals surface area contributed by atoms with E-state index in [0.717, 1.165) is 33.9 Å². The smallest absolute Gasteiger partial charge is 0.135 e. The van der Waals surface area contributed by atoms with Crippen molar-refractivity contribution in [1.29, 1.82) is 0 Å². The van der Waals surface area contributed by atoms with Gasteiger partial charge in [-0.15, -0.1) is 0 Å². The molecule has 1 N–H and O–H groups in total. The zero-order valence-corrected chi connectivity index (χ0v) is 12.9. The summed E-state index contributed by atoms with van der Waals surface area (Å²) in [7, 11) is 0. The van der Waals surface area contributed by atoms with Gasteiger partial charge >= 0.3 is 0 Å². The van der Waals surface area contributed by atoms with E-state index in [1.165, 1.54) is 5.56 Å². The number of hydrogen-bond acceptors (Lipinski definition) is 2. The Kier molecular flexibility index (Phi) is 4.00. The van der Waals surface area contributed by atoms with Crippen molar-refractivity contribution in [2.45, 2.75) is 26.4 Å². The Balaban J connectivity index is 2.01. The molecular formula is C18H18ClNO. The van der Waals surface area contributed by atoms with Crippen LogP contribution in [0.5, 0.6) is 0 Å². The SMILES string of the molecule is CC(C)NCc1ccccc1-c1cc2cc(Cl)ccc2o1. The lowest BCUT2D eigenvalue weighted by Crippen LogP contribution is -2.22.